The highest BCUT2D eigenvalue weighted by Gasteiger charge is 2.05. The molecule has 1 heterocycles. The number of H-pyrrole nitrogens is 1. The van der Waals surface area contributed by atoms with Gasteiger partial charge in [-0.2, -0.15) is 5.10 Å². The molecule has 0 aliphatic carbocycles. The SMILES string of the molecule is CC(N)CCC(=O)Nc1ccc2cn[nH]c2c1. The first-order valence-corrected chi connectivity index (χ1v) is 5.64. The fraction of sp³-hybridized carbons (Fsp3) is 0.333. The van der Waals surface area contributed by atoms with E-state index in [4.69, 9.17) is 5.73 Å². The predicted molar refractivity (Wildman–Crippen MR) is 67.6 cm³/mol. The Balaban J connectivity index is 2.00. The molecule has 5 heteroatoms. The third-order valence-corrected chi connectivity index (χ3v) is 2.55. The van der Waals surface area contributed by atoms with Crippen LogP contribution in [-0.4, -0.2) is 22.1 Å². The molecule has 0 saturated heterocycles. The fourth-order valence-corrected chi connectivity index (χ4v) is 1.60. The number of aromatic amines is 1. The maximum Gasteiger partial charge on any atom is 0.224 e. The minimum absolute atomic E-state index is 0.0128. The van der Waals surface area contributed by atoms with Crippen LogP contribution in [0, 0.1) is 0 Å². The predicted octanol–water partition coefficient (Wildman–Crippen LogP) is 1.63. The summed E-state index contributed by atoms with van der Waals surface area (Å²) >= 11 is 0. The molecule has 0 spiro atoms. The van der Waals surface area contributed by atoms with Crippen LogP contribution < -0.4 is 11.1 Å². The lowest BCUT2D eigenvalue weighted by Crippen LogP contribution is -2.19. The molecule has 2 rings (SSSR count). The number of carbonyl (C=O) groups is 1. The molecule has 17 heavy (non-hydrogen) atoms. The summed E-state index contributed by atoms with van der Waals surface area (Å²) in [5.41, 5.74) is 7.29. The highest BCUT2D eigenvalue weighted by Crippen LogP contribution is 2.16. The Kier molecular flexibility index (Phi) is 3.39. The van der Waals surface area contributed by atoms with Crippen LogP contribution in [0.15, 0.2) is 24.4 Å². The number of carbonyl (C=O) groups excluding carboxylic acids is 1. The number of aromatic nitrogens is 2. The molecule has 1 atom stereocenters. The van der Waals surface area contributed by atoms with Crippen molar-refractivity contribution in [2.24, 2.45) is 5.73 Å². The standard InChI is InChI=1S/C12H16N4O/c1-8(13)2-5-12(17)15-10-4-3-9-7-14-16-11(9)6-10/h3-4,6-8H,2,5,13H2,1H3,(H,14,16)(H,15,17). The highest BCUT2D eigenvalue weighted by molar-refractivity contribution is 5.93. The molecule has 0 radical (unpaired) electrons. The van der Waals surface area contributed by atoms with Gasteiger partial charge in [0.15, 0.2) is 0 Å². The first-order valence-electron chi connectivity index (χ1n) is 5.64. The van der Waals surface area contributed by atoms with E-state index in [2.05, 4.69) is 15.5 Å². The lowest BCUT2D eigenvalue weighted by atomic mass is 10.2. The summed E-state index contributed by atoms with van der Waals surface area (Å²) in [6.45, 7) is 1.89. The molecule has 0 fully saturated rings. The van der Waals surface area contributed by atoms with Gasteiger partial charge in [-0.05, 0) is 31.5 Å². The molecule has 0 saturated carbocycles. The smallest absolute Gasteiger partial charge is 0.224 e. The van der Waals surface area contributed by atoms with Gasteiger partial charge in [0, 0.05) is 23.5 Å². The molecule has 4 N–H and O–H groups in total. The van der Waals surface area contributed by atoms with Crippen molar-refractivity contribution in [1.29, 1.82) is 0 Å². The van der Waals surface area contributed by atoms with Crippen molar-refractivity contribution in [2.45, 2.75) is 25.8 Å². The Hall–Kier alpha value is -1.88. The first kappa shape index (κ1) is 11.6. The Labute approximate surface area is 99.4 Å². The second-order valence-electron chi connectivity index (χ2n) is 4.24. The maximum atomic E-state index is 11.6. The van der Waals surface area contributed by atoms with Gasteiger partial charge in [-0.3, -0.25) is 9.89 Å². The van der Waals surface area contributed by atoms with Crippen LogP contribution in [-0.2, 0) is 4.79 Å². The van der Waals surface area contributed by atoms with Gasteiger partial charge >= 0.3 is 0 Å². The van der Waals surface area contributed by atoms with E-state index in [1.807, 2.05) is 25.1 Å². The number of fused-ring (bicyclic) bond motifs is 1. The summed E-state index contributed by atoms with van der Waals surface area (Å²) in [6, 6.07) is 5.70. The average molecular weight is 232 g/mol. The Morgan fingerprint density at radius 3 is 3.18 bits per heavy atom. The lowest BCUT2D eigenvalue weighted by Gasteiger charge is -2.06. The third-order valence-electron chi connectivity index (χ3n) is 2.55. The van der Waals surface area contributed by atoms with E-state index in [0.29, 0.717) is 12.8 Å². The topological polar surface area (TPSA) is 83.8 Å². The number of benzene rings is 1. The Morgan fingerprint density at radius 2 is 2.41 bits per heavy atom. The summed E-state index contributed by atoms with van der Waals surface area (Å²) < 4.78 is 0. The molecule has 1 aromatic carbocycles. The van der Waals surface area contributed by atoms with E-state index >= 15 is 0 Å². The van der Waals surface area contributed by atoms with Gasteiger partial charge < -0.3 is 11.1 Å². The van der Waals surface area contributed by atoms with E-state index in [1.165, 1.54) is 0 Å². The molecule has 5 nitrogen and oxygen atoms in total. The van der Waals surface area contributed by atoms with Crippen molar-refractivity contribution in [1.82, 2.24) is 10.2 Å². The Morgan fingerprint density at radius 1 is 1.59 bits per heavy atom. The molecule has 0 aliphatic heterocycles. The van der Waals surface area contributed by atoms with Gasteiger partial charge in [-0.25, -0.2) is 0 Å². The van der Waals surface area contributed by atoms with Crippen LogP contribution in [0.3, 0.4) is 0 Å². The molecule has 2 aromatic rings. The van der Waals surface area contributed by atoms with Crippen molar-refractivity contribution in [2.75, 3.05) is 5.32 Å². The molecule has 1 unspecified atom stereocenters. The molecular formula is C12H16N4O. The van der Waals surface area contributed by atoms with E-state index < -0.39 is 0 Å². The Bertz CT molecular complexity index is 518. The monoisotopic (exact) mass is 232 g/mol. The van der Waals surface area contributed by atoms with Crippen LogP contribution in [0.5, 0.6) is 0 Å². The number of nitrogens with zero attached hydrogens (tertiary/aromatic N) is 1. The van der Waals surface area contributed by atoms with Crippen LogP contribution in [0.25, 0.3) is 10.9 Å². The van der Waals surface area contributed by atoms with Crippen molar-refractivity contribution < 1.29 is 4.79 Å². The largest absolute Gasteiger partial charge is 0.328 e. The highest BCUT2D eigenvalue weighted by atomic mass is 16.1. The quantitative estimate of drug-likeness (QED) is 0.749. The van der Waals surface area contributed by atoms with Crippen molar-refractivity contribution in [3.63, 3.8) is 0 Å². The number of nitrogens with one attached hydrogen (secondary N) is 2. The zero-order valence-electron chi connectivity index (χ0n) is 9.73. The number of rotatable bonds is 4. The lowest BCUT2D eigenvalue weighted by molar-refractivity contribution is -0.116. The number of hydrogen-bond donors (Lipinski definition) is 3. The van der Waals surface area contributed by atoms with Crippen molar-refractivity contribution in [3.8, 4) is 0 Å². The molecule has 1 amide bonds. The first-order chi connectivity index (χ1) is 8.15. The van der Waals surface area contributed by atoms with Crippen LogP contribution in [0.4, 0.5) is 5.69 Å². The summed E-state index contributed by atoms with van der Waals surface area (Å²) in [6.07, 6.45) is 2.88. The second kappa shape index (κ2) is 4.97. The van der Waals surface area contributed by atoms with Gasteiger partial charge in [0.2, 0.25) is 5.91 Å². The van der Waals surface area contributed by atoms with Crippen molar-refractivity contribution in [3.05, 3.63) is 24.4 Å². The van der Waals surface area contributed by atoms with E-state index in [1.54, 1.807) is 6.20 Å². The van der Waals surface area contributed by atoms with Gasteiger partial charge in [0.05, 0.1) is 11.7 Å². The van der Waals surface area contributed by atoms with Gasteiger partial charge in [-0.1, -0.05) is 0 Å². The van der Waals surface area contributed by atoms with Crippen LogP contribution in [0.1, 0.15) is 19.8 Å². The van der Waals surface area contributed by atoms with E-state index in [9.17, 15) is 4.79 Å². The second-order valence-corrected chi connectivity index (χ2v) is 4.24. The van der Waals surface area contributed by atoms with Crippen LogP contribution in [0.2, 0.25) is 0 Å². The molecule has 1 aromatic heterocycles. The summed E-state index contributed by atoms with van der Waals surface area (Å²) in [7, 11) is 0. The molecule has 0 bridgehead atoms. The minimum atomic E-state index is -0.0128. The molecular weight excluding hydrogens is 216 g/mol. The summed E-state index contributed by atoms with van der Waals surface area (Å²) in [5, 5.41) is 10.7. The molecule has 0 aliphatic rings. The normalized spacial score (nSPS) is 12.6. The zero-order chi connectivity index (χ0) is 12.3. The summed E-state index contributed by atoms with van der Waals surface area (Å²) in [5.74, 6) is -0.0128. The van der Waals surface area contributed by atoms with E-state index in [-0.39, 0.29) is 11.9 Å². The number of hydrogen-bond acceptors (Lipinski definition) is 3. The van der Waals surface area contributed by atoms with Gasteiger partial charge in [0.25, 0.3) is 0 Å². The minimum Gasteiger partial charge on any atom is -0.328 e. The van der Waals surface area contributed by atoms with Gasteiger partial charge in [0.1, 0.15) is 0 Å². The fourth-order valence-electron chi connectivity index (χ4n) is 1.60. The summed E-state index contributed by atoms with van der Waals surface area (Å²) in [4.78, 5) is 11.6. The van der Waals surface area contributed by atoms with Gasteiger partial charge in [-0.15, -0.1) is 0 Å². The third kappa shape index (κ3) is 3.04. The number of amides is 1. The zero-order valence-corrected chi connectivity index (χ0v) is 9.73. The average Bonchev–Trinajstić information content (AvgIpc) is 2.73. The number of anilines is 1. The van der Waals surface area contributed by atoms with E-state index in [0.717, 1.165) is 16.6 Å². The van der Waals surface area contributed by atoms with Crippen LogP contribution >= 0.6 is 0 Å². The van der Waals surface area contributed by atoms with Crippen molar-refractivity contribution >= 4 is 22.5 Å². The number of nitrogens with two attached hydrogens (primary N) is 1. The maximum absolute atomic E-state index is 11.6. The molecule has 90 valence electrons.